The Balaban J connectivity index is 2.07. The number of nitrogens with zero attached hydrogens (tertiary/aromatic N) is 2. The van der Waals surface area contributed by atoms with Crippen LogP contribution in [0.4, 0.5) is 4.79 Å². The normalized spacial score (nSPS) is 19.1. The maximum absolute atomic E-state index is 11.9. The fourth-order valence-corrected chi connectivity index (χ4v) is 2.18. The van der Waals surface area contributed by atoms with Crippen molar-refractivity contribution >= 4 is 6.09 Å². The average Bonchev–Trinajstić information content (AvgIpc) is 2.75. The maximum atomic E-state index is 11.9. The van der Waals surface area contributed by atoms with Crippen molar-refractivity contribution in [2.45, 2.75) is 38.8 Å². The number of rotatable bonds is 1. The lowest BCUT2D eigenvalue weighted by Crippen LogP contribution is -2.37. The van der Waals surface area contributed by atoms with Crippen molar-refractivity contribution in [3.63, 3.8) is 0 Å². The summed E-state index contributed by atoms with van der Waals surface area (Å²) < 4.78 is 6.75. The number of nitrogens with one attached hydrogen (secondary N) is 1. The SMILES string of the molecule is CC(C)(C)OC(=O)N1CCC(n2ccc(=O)[nH]c2=O)C1. The van der Waals surface area contributed by atoms with Crippen LogP contribution in [0, 0.1) is 0 Å². The van der Waals surface area contributed by atoms with E-state index >= 15 is 0 Å². The number of likely N-dealkylation sites (tertiary alicyclic amines) is 1. The molecule has 2 heterocycles. The van der Waals surface area contributed by atoms with Crippen molar-refractivity contribution in [1.29, 1.82) is 0 Å². The topological polar surface area (TPSA) is 84.4 Å². The highest BCUT2D eigenvalue weighted by Crippen LogP contribution is 2.21. The highest BCUT2D eigenvalue weighted by Gasteiger charge is 2.30. The van der Waals surface area contributed by atoms with Crippen LogP contribution in [0.15, 0.2) is 21.9 Å². The summed E-state index contributed by atoms with van der Waals surface area (Å²) in [5.74, 6) is 0. The van der Waals surface area contributed by atoms with Crippen LogP contribution in [0.25, 0.3) is 0 Å². The molecule has 20 heavy (non-hydrogen) atoms. The summed E-state index contributed by atoms with van der Waals surface area (Å²) in [6, 6.07) is 1.17. The zero-order chi connectivity index (χ0) is 14.9. The van der Waals surface area contributed by atoms with E-state index in [0.717, 1.165) is 0 Å². The van der Waals surface area contributed by atoms with Crippen LogP contribution >= 0.6 is 0 Å². The number of carbonyl (C=O) groups is 1. The third-order valence-corrected chi connectivity index (χ3v) is 3.06. The smallest absolute Gasteiger partial charge is 0.410 e. The summed E-state index contributed by atoms with van der Waals surface area (Å²) in [7, 11) is 0. The van der Waals surface area contributed by atoms with Crippen molar-refractivity contribution in [3.8, 4) is 0 Å². The van der Waals surface area contributed by atoms with Gasteiger partial charge in [0.25, 0.3) is 5.56 Å². The fraction of sp³-hybridized carbons (Fsp3) is 0.615. The molecule has 1 atom stereocenters. The number of hydrogen-bond donors (Lipinski definition) is 1. The number of H-pyrrole nitrogens is 1. The molecule has 1 N–H and O–H groups in total. The zero-order valence-electron chi connectivity index (χ0n) is 11.9. The molecule has 0 radical (unpaired) electrons. The van der Waals surface area contributed by atoms with E-state index < -0.39 is 16.9 Å². The number of aromatic amines is 1. The first-order valence-electron chi connectivity index (χ1n) is 6.56. The molecule has 1 amide bonds. The number of carbonyl (C=O) groups excluding carboxylic acids is 1. The van der Waals surface area contributed by atoms with Gasteiger partial charge in [-0.2, -0.15) is 0 Å². The van der Waals surface area contributed by atoms with Crippen molar-refractivity contribution in [2.75, 3.05) is 13.1 Å². The number of amides is 1. The predicted octanol–water partition coefficient (Wildman–Crippen LogP) is 0.718. The van der Waals surface area contributed by atoms with Gasteiger partial charge in [-0.1, -0.05) is 0 Å². The van der Waals surface area contributed by atoms with Gasteiger partial charge in [0, 0.05) is 25.4 Å². The Morgan fingerprint density at radius 3 is 2.70 bits per heavy atom. The minimum Gasteiger partial charge on any atom is -0.444 e. The molecule has 1 aliphatic rings. The maximum Gasteiger partial charge on any atom is 0.410 e. The molecule has 110 valence electrons. The molecule has 1 aromatic rings. The highest BCUT2D eigenvalue weighted by molar-refractivity contribution is 5.68. The predicted molar refractivity (Wildman–Crippen MR) is 72.8 cm³/mol. The molecule has 0 spiro atoms. The molecular weight excluding hydrogens is 262 g/mol. The summed E-state index contributed by atoms with van der Waals surface area (Å²) in [4.78, 5) is 38.5. The van der Waals surface area contributed by atoms with Crippen LogP contribution in [0.2, 0.25) is 0 Å². The Morgan fingerprint density at radius 1 is 1.40 bits per heavy atom. The van der Waals surface area contributed by atoms with Crippen LogP contribution in [0.1, 0.15) is 33.2 Å². The summed E-state index contributed by atoms with van der Waals surface area (Å²) in [6.07, 6.45) is 1.74. The van der Waals surface area contributed by atoms with Crippen LogP contribution < -0.4 is 11.2 Å². The fourth-order valence-electron chi connectivity index (χ4n) is 2.18. The van der Waals surface area contributed by atoms with Gasteiger partial charge in [-0.3, -0.25) is 14.3 Å². The summed E-state index contributed by atoms with van der Waals surface area (Å²) in [5.41, 5.74) is -1.41. The lowest BCUT2D eigenvalue weighted by atomic mass is 10.2. The minimum atomic E-state index is -0.538. The quantitative estimate of drug-likeness (QED) is 0.822. The van der Waals surface area contributed by atoms with Crippen molar-refractivity contribution in [1.82, 2.24) is 14.5 Å². The van der Waals surface area contributed by atoms with Crippen molar-refractivity contribution in [3.05, 3.63) is 33.1 Å². The molecule has 0 aliphatic carbocycles. The molecule has 7 nitrogen and oxygen atoms in total. The molecule has 1 fully saturated rings. The van der Waals surface area contributed by atoms with E-state index in [4.69, 9.17) is 4.74 Å². The molecule has 7 heteroatoms. The van der Waals surface area contributed by atoms with Gasteiger partial charge < -0.3 is 9.64 Å². The van der Waals surface area contributed by atoms with E-state index in [-0.39, 0.29) is 12.1 Å². The molecule has 2 rings (SSSR count). The van der Waals surface area contributed by atoms with Gasteiger partial charge in [-0.05, 0) is 27.2 Å². The third-order valence-electron chi connectivity index (χ3n) is 3.06. The second-order valence-corrected chi connectivity index (χ2v) is 5.89. The Labute approximate surface area is 116 Å². The van der Waals surface area contributed by atoms with Gasteiger partial charge in [0.15, 0.2) is 0 Å². The molecule has 0 bridgehead atoms. The van der Waals surface area contributed by atoms with E-state index in [9.17, 15) is 14.4 Å². The summed E-state index contributed by atoms with van der Waals surface area (Å²) in [5, 5.41) is 0. The Hall–Kier alpha value is -2.05. The summed E-state index contributed by atoms with van der Waals surface area (Å²) >= 11 is 0. The Bertz CT molecular complexity index is 611. The molecule has 1 saturated heterocycles. The molecule has 0 aromatic carbocycles. The second kappa shape index (κ2) is 5.15. The van der Waals surface area contributed by atoms with Crippen LogP contribution in [-0.4, -0.2) is 39.2 Å². The van der Waals surface area contributed by atoms with Gasteiger partial charge in [-0.25, -0.2) is 9.59 Å². The van der Waals surface area contributed by atoms with E-state index in [1.54, 1.807) is 4.90 Å². The number of aromatic nitrogens is 2. The van der Waals surface area contributed by atoms with Crippen LogP contribution in [-0.2, 0) is 4.74 Å². The second-order valence-electron chi connectivity index (χ2n) is 5.89. The average molecular weight is 281 g/mol. The van der Waals surface area contributed by atoms with Crippen LogP contribution in [0.3, 0.4) is 0 Å². The van der Waals surface area contributed by atoms with Crippen LogP contribution in [0.5, 0.6) is 0 Å². The van der Waals surface area contributed by atoms with E-state index in [1.165, 1.54) is 16.8 Å². The van der Waals surface area contributed by atoms with E-state index in [1.807, 2.05) is 20.8 Å². The van der Waals surface area contributed by atoms with Gasteiger partial charge in [0.1, 0.15) is 5.60 Å². The monoisotopic (exact) mass is 281 g/mol. The van der Waals surface area contributed by atoms with Crippen molar-refractivity contribution in [2.24, 2.45) is 0 Å². The molecule has 1 aliphatic heterocycles. The molecule has 0 saturated carbocycles. The molecular formula is C13H19N3O4. The van der Waals surface area contributed by atoms with E-state index in [0.29, 0.717) is 19.5 Å². The number of ether oxygens (including phenoxy) is 1. The zero-order valence-corrected chi connectivity index (χ0v) is 11.9. The van der Waals surface area contributed by atoms with Gasteiger partial charge >= 0.3 is 11.8 Å². The first kappa shape index (κ1) is 14.4. The van der Waals surface area contributed by atoms with Gasteiger partial charge in [-0.15, -0.1) is 0 Å². The third kappa shape index (κ3) is 3.28. The molecule has 1 aromatic heterocycles. The van der Waals surface area contributed by atoms with E-state index in [2.05, 4.69) is 4.98 Å². The van der Waals surface area contributed by atoms with Crippen molar-refractivity contribution < 1.29 is 9.53 Å². The van der Waals surface area contributed by atoms with Gasteiger partial charge in [0.05, 0.1) is 6.04 Å². The number of hydrogen-bond acceptors (Lipinski definition) is 4. The Morgan fingerprint density at radius 2 is 2.10 bits per heavy atom. The standard InChI is InChI=1S/C13H19N3O4/c1-13(2,3)20-12(19)15-6-4-9(8-15)16-7-5-10(17)14-11(16)18/h5,7,9H,4,6,8H2,1-3H3,(H,14,17,18). The van der Waals surface area contributed by atoms with Gasteiger partial charge in [0.2, 0.25) is 0 Å². The Kier molecular flexibility index (Phi) is 3.69. The largest absolute Gasteiger partial charge is 0.444 e. The first-order chi connectivity index (χ1) is 9.26. The summed E-state index contributed by atoms with van der Waals surface area (Å²) in [6.45, 7) is 6.37. The molecule has 1 unspecified atom stereocenters. The lowest BCUT2D eigenvalue weighted by Gasteiger charge is -2.24. The lowest BCUT2D eigenvalue weighted by molar-refractivity contribution is 0.0288. The first-order valence-corrected chi connectivity index (χ1v) is 6.56. The highest BCUT2D eigenvalue weighted by atomic mass is 16.6. The minimum absolute atomic E-state index is 0.133.